The van der Waals surface area contributed by atoms with Crippen LogP contribution in [0, 0.1) is 13.8 Å². The minimum atomic E-state index is -3.75. The van der Waals surface area contributed by atoms with Crippen LogP contribution in [0.4, 0.5) is 5.69 Å². The Morgan fingerprint density at radius 2 is 2.09 bits per heavy atom. The maximum absolute atomic E-state index is 12.8. The van der Waals surface area contributed by atoms with Gasteiger partial charge in [0.05, 0.1) is 5.69 Å². The Morgan fingerprint density at radius 1 is 1.32 bits per heavy atom. The first-order valence-electron chi connectivity index (χ1n) is 6.85. The lowest BCUT2D eigenvalue weighted by atomic mass is 10.2. The van der Waals surface area contributed by atoms with Crippen LogP contribution in [0.1, 0.15) is 23.2 Å². The van der Waals surface area contributed by atoms with Crippen LogP contribution in [-0.2, 0) is 16.4 Å². The Balaban J connectivity index is 2.12. The molecule has 0 radical (unpaired) electrons. The van der Waals surface area contributed by atoms with Crippen molar-refractivity contribution in [2.45, 2.75) is 32.2 Å². The van der Waals surface area contributed by atoms with E-state index in [2.05, 4.69) is 14.8 Å². The Hall–Kier alpha value is -1.93. The highest BCUT2D eigenvalue weighted by molar-refractivity contribution is 7.92. The number of imidazole rings is 1. The summed E-state index contributed by atoms with van der Waals surface area (Å²) in [5.74, 6) is 0. The van der Waals surface area contributed by atoms with Gasteiger partial charge in [-0.1, -0.05) is 30.4 Å². The molecule has 0 saturated heterocycles. The fourth-order valence-corrected chi connectivity index (χ4v) is 4.49. The number of aromatic nitrogens is 3. The second-order valence-corrected chi connectivity index (χ2v) is 7.77. The van der Waals surface area contributed by atoms with Gasteiger partial charge in [0.2, 0.25) is 9.99 Å². The first-order chi connectivity index (χ1) is 10.4. The molecule has 3 aromatic rings. The van der Waals surface area contributed by atoms with E-state index in [0.29, 0.717) is 22.8 Å². The van der Waals surface area contributed by atoms with Gasteiger partial charge in [0, 0.05) is 5.69 Å². The second kappa shape index (κ2) is 5.36. The molecule has 1 aromatic carbocycles. The standard InChI is InChI=1S/C14H16N4O2S2/c1-4-12-13(18-14(15-12)21-10(3)16-18)22(19,20)17-11-7-5-6-9(2)8-11/h5-8,17H,4H2,1-3H3. The highest BCUT2D eigenvalue weighted by Crippen LogP contribution is 2.24. The molecule has 116 valence electrons. The Kier molecular flexibility index (Phi) is 3.65. The van der Waals surface area contributed by atoms with Crippen LogP contribution < -0.4 is 4.72 Å². The number of nitrogens with one attached hydrogen (secondary N) is 1. The molecule has 2 aromatic heterocycles. The molecule has 0 fully saturated rings. The van der Waals surface area contributed by atoms with Gasteiger partial charge >= 0.3 is 0 Å². The van der Waals surface area contributed by atoms with Crippen molar-refractivity contribution < 1.29 is 8.42 Å². The maximum Gasteiger partial charge on any atom is 0.281 e. The number of anilines is 1. The number of hydrogen-bond acceptors (Lipinski definition) is 5. The summed E-state index contributed by atoms with van der Waals surface area (Å²) in [5.41, 5.74) is 2.04. The largest absolute Gasteiger partial charge is 0.281 e. The molecule has 1 N–H and O–H groups in total. The molecule has 0 aliphatic heterocycles. The first-order valence-corrected chi connectivity index (χ1v) is 9.15. The number of nitrogens with zero attached hydrogens (tertiary/aromatic N) is 3. The van der Waals surface area contributed by atoms with E-state index in [1.54, 1.807) is 12.1 Å². The Bertz CT molecular complexity index is 941. The normalized spacial score (nSPS) is 12.0. The Labute approximate surface area is 132 Å². The van der Waals surface area contributed by atoms with Crippen molar-refractivity contribution in [3.05, 3.63) is 40.5 Å². The van der Waals surface area contributed by atoms with Crippen molar-refractivity contribution in [1.82, 2.24) is 14.6 Å². The van der Waals surface area contributed by atoms with E-state index in [0.717, 1.165) is 10.6 Å². The van der Waals surface area contributed by atoms with Crippen LogP contribution in [0.25, 0.3) is 4.96 Å². The highest BCUT2D eigenvalue weighted by atomic mass is 32.2. The molecule has 0 bridgehead atoms. The summed E-state index contributed by atoms with van der Waals surface area (Å²) >= 11 is 1.38. The van der Waals surface area contributed by atoms with Crippen molar-refractivity contribution >= 4 is 32.0 Å². The maximum atomic E-state index is 12.8. The zero-order valence-electron chi connectivity index (χ0n) is 12.5. The molecule has 0 spiro atoms. The van der Waals surface area contributed by atoms with Crippen LogP contribution in [0.2, 0.25) is 0 Å². The van der Waals surface area contributed by atoms with Crippen molar-refractivity contribution in [2.75, 3.05) is 4.72 Å². The van der Waals surface area contributed by atoms with Crippen LogP contribution >= 0.6 is 11.3 Å². The van der Waals surface area contributed by atoms with Crippen molar-refractivity contribution in [3.63, 3.8) is 0 Å². The van der Waals surface area contributed by atoms with E-state index in [9.17, 15) is 8.42 Å². The molecule has 0 saturated carbocycles. The third kappa shape index (κ3) is 2.59. The molecule has 6 nitrogen and oxygen atoms in total. The van der Waals surface area contributed by atoms with Gasteiger partial charge in [0.15, 0.2) is 0 Å². The lowest BCUT2D eigenvalue weighted by molar-refractivity contribution is 0.591. The number of rotatable bonds is 4. The first kappa shape index (κ1) is 15.0. The second-order valence-electron chi connectivity index (χ2n) is 5.01. The topological polar surface area (TPSA) is 76.4 Å². The third-order valence-corrected chi connectivity index (χ3v) is 5.44. The van der Waals surface area contributed by atoms with E-state index in [1.807, 2.05) is 32.9 Å². The van der Waals surface area contributed by atoms with Gasteiger partial charge in [0.1, 0.15) is 5.01 Å². The molecule has 8 heteroatoms. The SMILES string of the molecule is CCc1nc2sc(C)nn2c1S(=O)(=O)Nc1cccc(C)c1. The van der Waals surface area contributed by atoms with Gasteiger partial charge in [-0.15, -0.1) is 0 Å². The third-order valence-electron chi connectivity index (χ3n) is 3.19. The summed E-state index contributed by atoms with van der Waals surface area (Å²) in [6.07, 6.45) is 0.527. The van der Waals surface area contributed by atoms with Gasteiger partial charge in [0.25, 0.3) is 10.0 Å². The van der Waals surface area contributed by atoms with Gasteiger partial charge < -0.3 is 0 Å². The summed E-state index contributed by atoms with van der Waals surface area (Å²) in [6.45, 7) is 5.62. The lowest BCUT2D eigenvalue weighted by Crippen LogP contribution is -2.17. The van der Waals surface area contributed by atoms with Crippen molar-refractivity contribution in [3.8, 4) is 0 Å². The van der Waals surface area contributed by atoms with E-state index in [4.69, 9.17) is 0 Å². The zero-order chi connectivity index (χ0) is 15.9. The number of fused-ring (bicyclic) bond motifs is 1. The van der Waals surface area contributed by atoms with Crippen LogP contribution in [0.5, 0.6) is 0 Å². The van der Waals surface area contributed by atoms with Gasteiger partial charge in [-0.25, -0.2) is 4.98 Å². The van der Waals surface area contributed by atoms with Crippen molar-refractivity contribution in [2.24, 2.45) is 0 Å². The van der Waals surface area contributed by atoms with Gasteiger partial charge in [-0.3, -0.25) is 4.72 Å². The number of hydrogen-bond donors (Lipinski definition) is 1. The number of aryl methyl sites for hydroxylation is 3. The molecule has 3 rings (SSSR count). The zero-order valence-corrected chi connectivity index (χ0v) is 14.1. The minimum Gasteiger partial charge on any atom is -0.278 e. The predicted molar refractivity (Wildman–Crippen MR) is 87.0 cm³/mol. The number of benzene rings is 1. The van der Waals surface area contributed by atoms with E-state index in [1.165, 1.54) is 15.9 Å². The van der Waals surface area contributed by atoms with Crippen molar-refractivity contribution in [1.29, 1.82) is 0 Å². The van der Waals surface area contributed by atoms with Gasteiger partial charge in [-0.05, 0) is 38.0 Å². The summed E-state index contributed by atoms with van der Waals surface area (Å²) in [5, 5.41) is 5.16. The fraction of sp³-hybridized carbons (Fsp3) is 0.286. The van der Waals surface area contributed by atoms with E-state index >= 15 is 0 Å². The molecular weight excluding hydrogens is 320 g/mol. The summed E-state index contributed by atoms with van der Waals surface area (Å²) in [6, 6.07) is 7.23. The molecule has 0 unspecified atom stereocenters. The quantitative estimate of drug-likeness (QED) is 0.795. The van der Waals surface area contributed by atoms with Crippen LogP contribution in [-0.4, -0.2) is 23.0 Å². The summed E-state index contributed by atoms with van der Waals surface area (Å²) < 4.78 is 29.6. The molecule has 0 atom stereocenters. The fourth-order valence-electron chi connectivity index (χ4n) is 2.28. The number of sulfonamides is 1. The summed E-state index contributed by atoms with van der Waals surface area (Å²) in [4.78, 5) is 4.97. The van der Waals surface area contributed by atoms with Crippen LogP contribution in [0.15, 0.2) is 29.3 Å². The average molecular weight is 336 g/mol. The molecule has 22 heavy (non-hydrogen) atoms. The molecule has 0 aliphatic carbocycles. The average Bonchev–Trinajstić information content (AvgIpc) is 2.93. The highest BCUT2D eigenvalue weighted by Gasteiger charge is 2.26. The molecule has 0 aliphatic rings. The summed E-state index contributed by atoms with van der Waals surface area (Å²) in [7, 11) is -3.75. The Morgan fingerprint density at radius 3 is 2.77 bits per heavy atom. The smallest absolute Gasteiger partial charge is 0.278 e. The monoisotopic (exact) mass is 336 g/mol. The van der Waals surface area contributed by atoms with E-state index < -0.39 is 10.0 Å². The molecule has 0 amide bonds. The molecule has 2 heterocycles. The van der Waals surface area contributed by atoms with E-state index in [-0.39, 0.29) is 5.03 Å². The predicted octanol–water partition coefficient (Wildman–Crippen LogP) is 2.77. The van der Waals surface area contributed by atoms with Gasteiger partial charge in [-0.2, -0.15) is 18.0 Å². The minimum absolute atomic E-state index is 0.121. The molecular formula is C14H16N4O2S2. The van der Waals surface area contributed by atoms with Crippen LogP contribution in [0.3, 0.4) is 0 Å². The lowest BCUT2D eigenvalue weighted by Gasteiger charge is -2.08.